The number of anilines is 1. The molecule has 0 aliphatic carbocycles. The van der Waals surface area contributed by atoms with Crippen LogP contribution in [0.5, 0.6) is 5.75 Å². The summed E-state index contributed by atoms with van der Waals surface area (Å²) in [6.07, 6.45) is 2.97. The van der Waals surface area contributed by atoms with E-state index in [1.54, 1.807) is 42.3 Å². The molecule has 0 saturated carbocycles. The Bertz CT molecular complexity index is 1270. The zero-order valence-electron chi connectivity index (χ0n) is 18.9. The number of nitrogens with zero attached hydrogens (tertiary/aromatic N) is 3. The monoisotopic (exact) mass is 461 g/mol. The number of carboxylic acid groups (broad SMARTS) is 1. The lowest BCUT2D eigenvalue weighted by Gasteiger charge is -2.21. The molecule has 1 aliphatic heterocycles. The molecule has 2 N–H and O–H groups in total. The maximum Gasteiger partial charge on any atom is 0.304 e. The van der Waals surface area contributed by atoms with Crippen molar-refractivity contribution in [3.8, 4) is 5.75 Å². The van der Waals surface area contributed by atoms with E-state index < -0.39 is 11.9 Å². The second-order valence-corrected chi connectivity index (χ2v) is 8.16. The van der Waals surface area contributed by atoms with E-state index in [4.69, 9.17) is 4.74 Å². The molecule has 4 rings (SSSR count). The van der Waals surface area contributed by atoms with Crippen molar-refractivity contribution in [2.24, 2.45) is 4.99 Å². The minimum atomic E-state index is -0.921. The zero-order valence-corrected chi connectivity index (χ0v) is 18.9. The fourth-order valence-corrected chi connectivity index (χ4v) is 4.19. The van der Waals surface area contributed by atoms with Crippen LogP contribution >= 0.6 is 0 Å². The van der Waals surface area contributed by atoms with Crippen LogP contribution in [0.4, 0.5) is 5.69 Å². The summed E-state index contributed by atoms with van der Waals surface area (Å²) in [6, 6.07) is 17.9. The van der Waals surface area contributed by atoms with Gasteiger partial charge in [0.1, 0.15) is 5.75 Å². The molecule has 2 heterocycles. The van der Waals surface area contributed by atoms with E-state index >= 15 is 0 Å². The first-order valence-electron chi connectivity index (χ1n) is 11.2. The number of aromatic nitrogens is 1. The second-order valence-electron chi connectivity index (χ2n) is 8.16. The quantitative estimate of drug-likeness (QED) is 0.393. The van der Waals surface area contributed by atoms with Gasteiger partial charge in [-0.2, -0.15) is 4.73 Å². The first-order chi connectivity index (χ1) is 16.5. The molecule has 1 aliphatic rings. The van der Waals surface area contributed by atoms with Crippen LogP contribution in [0.25, 0.3) is 0 Å². The van der Waals surface area contributed by atoms with Crippen LogP contribution in [0.3, 0.4) is 0 Å². The SMILES string of the molecule is CN1C(=O)c2ccccc2C(CC(=O)O)c2ccc(OCCCCN=c3ccccn3O)cc21. The summed E-state index contributed by atoms with van der Waals surface area (Å²) in [5, 5.41) is 19.2. The molecule has 0 bridgehead atoms. The Hall–Kier alpha value is -4.07. The number of aliphatic carboxylic acids is 1. The highest BCUT2D eigenvalue weighted by atomic mass is 16.5. The Labute approximate surface area is 197 Å². The van der Waals surface area contributed by atoms with Gasteiger partial charge in [-0.05, 0) is 48.2 Å². The lowest BCUT2D eigenvalue weighted by atomic mass is 9.86. The summed E-state index contributed by atoms with van der Waals surface area (Å²) in [7, 11) is 1.70. The van der Waals surface area contributed by atoms with Crippen LogP contribution in [0.1, 0.15) is 46.7 Å². The molecule has 0 radical (unpaired) electrons. The molecule has 0 saturated heterocycles. The minimum absolute atomic E-state index is 0.107. The number of carbonyl (C=O) groups is 2. The summed E-state index contributed by atoms with van der Waals surface area (Å²) in [4.78, 5) is 30.7. The maximum absolute atomic E-state index is 13.1. The van der Waals surface area contributed by atoms with E-state index in [0.717, 1.165) is 28.7 Å². The van der Waals surface area contributed by atoms with E-state index in [2.05, 4.69) is 4.99 Å². The van der Waals surface area contributed by atoms with Crippen molar-refractivity contribution in [3.63, 3.8) is 0 Å². The standard InChI is InChI=1S/C26H27N3O5/c1-28-23-16-18(34-15-7-5-13-27-24-10-4-6-14-29(24)33)11-12-20(23)22(17-25(30)31)19-8-2-3-9-21(19)26(28)32/h2-4,6,8-12,14,16,22,33H,5,7,13,15,17H2,1H3,(H,30,31). The number of amides is 1. The molecular formula is C26H27N3O5. The second kappa shape index (κ2) is 10.2. The van der Waals surface area contributed by atoms with Gasteiger partial charge < -0.3 is 20.0 Å². The number of hydrogen-bond donors (Lipinski definition) is 2. The average Bonchev–Trinajstić information content (AvgIpc) is 2.92. The molecule has 1 unspecified atom stereocenters. The summed E-state index contributed by atoms with van der Waals surface area (Å²) >= 11 is 0. The van der Waals surface area contributed by atoms with Crippen molar-refractivity contribution in [2.45, 2.75) is 25.2 Å². The van der Waals surface area contributed by atoms with Gasteiger partial charge in [-0.3, -0.25) is 14.6 Å². The molecule has 1 amide bonds. The van der Waals surface area contributed by atoms with Gasteiger partial charge in [0.05, 0.1) is 18.7 Å². The van der Waals surface area contributed by atoms with Gasteiger partial charge in [0.2, 0.25) is 0 Å². The number of carboxylic acids is 1. The van der Waals surface area contributed by atoms with Crippen molar-refractivity contribution in [1.29, 1.82) is 0 Å². The molecule has 176 valence electrons. The van der Waals surface area contributed by atoms with Crippen molar-refractivity contribution < 1.29 is 24.6 Å². The number of unbranched alkanes of at least 4 members (excludes halogenated alkanes) is 1. The number of ether oxygens (including phenoxy) is 1. The molecule has 8 nitrogen and oxygen atoms in total. The maximum atomic E-state index is 13.1. The number of fused-ring (bicyclic) bond motifs is 2. The molecule has 2 aromatic carbocycles. The third kappa shape index (κ3) is 4.96. The summed E-state index contributed by atoms with van der Waals surface area (Å²) in [6.45, 7) is 1.03. The first kappa shape index (κ1) is 23.1. The largest absolute Gasteiger partial charge is 0.494 e. The van der Waals surface area contributed by atoms with Crippen LogP contribution < -0.4 is 15.1 Å². The normalized spacial score (nSPS) is 15.4. The Morgan fingerprint density at radius 3 is 2.65 bits per heavy atom. The van der Waals surface area contributed by atoms with Gasteiger partial charge in [0, 0.05) is 37.3 Å². The number of carbonyl (C=O) groups excluding carboxylic acids is 1. The highest BCUT2D eigenvalue weighted by Crippen LogP contribution is 2.41. The summed E-state index contributed by atoms with van der Waals surface area (Å²) in [5.74, 6) is -0.909. The van der Waals surface area contributed by atoms with Gasteiger partial charge in [-0.1, -0.05) is 30.3 Å². The Kier molecular flexibility index (Phi) is 6.96. The van der Waals surface area contributed by atoms with E-state index in [-0.39, 0.29) is 12.3 Å². The van der Waals surface area contributed by atoms with E-state index in [1.165, 1.54) is 6.20 Å². The molecule has 1 atom stereocenters. The molecule has 34 heavy (non-hydrogen) atoms. The number of pyridine rings is 1. The summed E-state index contributed by atoms with van der Waals surface area (Å²) in [5.41, 5.74) is 3.17. The number of benzene rings is 2. The van der Waals surface area contributed by atoms with Crippen molar-refractivity contribution in [1.82, 2.24) is 4.73 Å². The minimum Gasteiger partial charge on any atom is -0.494 e. The molecule has 3 aromatic rings. The number of hydrogen-bond acceptors (Lipinski definition) is 5. The lowest BCUT2D eigenvalue weighted by Crippen LogP contribution is -2.26. The summed E-state index contributed by atoms with van der Waals surface area (Å²) < 4.78 is 6.90. The molecule has 0 spiro atoms. The smallest absolute Gasteiger partial charge is 0.304 e. The third-order valence-corrected chi connectivity index (χ3v) is 5.90. The molecular weight excluding hydrogens is 434 g/mol. The predicted molar refractivity (Wildman–Crippen MR) is 126 cm³/mol. The van der Waals surface area contributed by atoms with Gasteiger partial charge in [-0.25, -0.2) is 0 Å². The highest BCUT2D eigenvalue weighted by Gasteiger charge is 2.32. The van der Waals surface area contributed by atoms with Gasteiger partial charge in [-0.15, -0.1) is 0 Å². The Morgan fingerprint density at radius 1 is 1.06 bits per heavy atom. The van der Waals surface area contributed by atoms with E-state index in [1.807, 2.05) is 30.3 Å². The third-order valence-electron chi connectivity index (χ3n) is 5.90. The van der Waals surface area contributed by atoms with Gasteiger partial charge >= 0.3 is 5.97 Å². The van der Waals surface area contributed by atoms with Crippen LogP contribution in [0.2, 0.25) is 0 Å². The van der Waals surface area contributed by atoms with Gasteiger partial charge in [0.15, 0.2) is 5.49 Å². The molecule has 0 fully saturated rings. The van der Waals surface area contributed by atoms with Crippen LogP contribution in [-0.4, -0.2) is 47.1 Å². The van der Waals surface area contributed by atoms with Crippen LogP contribution in [0.15, 0.2) is 71.9 Å². The van der Waals surface area contributed by atoms with Crippen LogP contribution in [0, 0.1) is 0 Å². The zero-order chi connectivity index (χ0) is 24.1. The Morgan fingerprint density at radius 2 is 1.85 bits per heavy atom. The van der Waals surface area contributed by atoms with Crippen LogP contribution in [-0.2, 0) is 4.79 Å². The van der Waals surface area contributed by atoms with E-state index in [0.29, 0.717) is 35.6 Å². The molecule has 1 aromatic heterocycles. The van der Waals surface area contributed by atoms with Gasteiger partial charge in [0.25, 0.3) is 5.91 Å². The number of rotatable bonds is 8. The Balaban J connectivity index is 1.47. The molecule has 8 heteroatoms. The van der Waals surface area contributed by atoms with Crippen molar-refractivity contribution >= 4 is 17.6 Å². The highest BCUT2D eigenvalue weighted by molar-refractivity contribution is 6.08. The predicted octanol–water partition coefficient (Wildman–Crippen LogP) is 3.68. The average molecular weight is 462 g/mol. The van der Waals surface area contributed by atoms with E-state index in [9.17, 15) is 19.9 Å². The fourth-order valence-electron chi connectivity index (χ4n) is 4.19. The lowest BCUT2D eigenvalue weighted by molar-refractivity contribution is -0.137. The fraction of sp³-hybridized carbons (Fsp3) is 0.269. The van der Waals surface area contributed by atoms with Crippen molar-refractivity contribution in [3.05, 3.63) is 89.0 Å². The first-order valence-corrected chi connectivity index (χ1v) is 11.2. The van der Waals surface area contributed by atoms with Crippen molar-refractivity contribution in [2.75, 3.05) is 25.1 Å². The topological polar surface area (TPSA) is 104 Å².